The molecule has 3 heterocycles. The Morgan fingerprint density at radius 1 is 1.07 bits per heavy atom. The number of pyridine rings is 1. The van der Waals surface area contributed by atoms with Crippen LogP contribution in [0.5, 0.6) is 0 Å². The Hall–Kier alpha value is -2.84. The Bertz CT molecular complexity index is 949. The van der Waals surface area contributed by atoms with Gasteiger partial charge in [-0.25, -0.2) is 13.8 Å². The van der Waals surface area contributed by atoms with Crippen molar-refractivity contribution in [2.24, 2.45) is 0 Å². The van der Waals surface area contributed by atoms with Crippen LogP contribution in [0.25, 0.3) is 5.65 Å². The highest BCUT2D eigenvalue weighted by atomic mass is 19.1. The molecule has 8 heteroatoms. The SMILES string of the molecule is O=C(CN1CCN(Cc2cn3ccccc3n2)CC1)Nc1cc(F)ccc1F. The van der Waals surface area contributed by atoms with Crippen LogP contribution in [0.1, 0.15) is 5.69 Å². The summed E-state index contributed by atoms with van der Waals surface area (Å²) in [6.07, 6.45) is 4.01. The lowest BCUT2D eigenvalue weighted by atomic mass is 10.2. The number of aromatic nitrogens is 2. The summed E-state index contributed by atoms with van der Waals surface area (Å²) >= 11 is 0. The molecule has 0 radical (unpaired) electrons. The van der Waals surface area contributed by atoms with Gasteiger partial charge in [0.2, 0.25) is 5.91 Å². The van der Waals surface area contributed by atoms with E-state index in [0.717, 1.165) is 62.3 Å². The van der Waals surface area contributed by atoms with Crippen LogP contribution in [-0.4, -0.2) is 57.8 Å². The van der Waals surface area contributed by atoms with Gasteiger partial charge in [-0.15, -0.1) is 0 Å². The Labute approximate surface area is 161 Å². The van der Waals surface area contributed by atoms with Crippen LogP contribution in [0.4, 0.5) is 14.5 Å². The average Bonchev–Trinajstić information content (AvgIpc) is 3.08. The smallest absolute Gasteiger partial charge is 0.238 e. The van der Waals surface area contributed by atoms with Gasteiger partial charge in [-0.3, -0.25) is 14.6 Å². The summed E-state index contributed by atoms with van der Waals surface area (Å²) in [5, 5.41) is 2.44. The van der Waals surface area contributed by atoms with E-state index in [9.17, 15) is 13.6 Å². The van der Waals surface area contributed by atoms with Gasteiger partial charge in [0.25, 0.3) is 0 Å². The predicted molar refractivity (Wildman–Crippen MR) is 102 cm³/mol. The summed E-state index contributed by atoms with van der Waals surface area (Å²) in [5.41, 5.74) is 1.81. The molecule has 0 unspecified atom stereocenters. The number of amides is 1. The number of imidazole rings is 1. The molecule has 1 aliphatic rings. The lowest BCUT2D eigenvalue weighted by Gasteiger charge is -2.33. The number of fused-ring (bicyclic) bond motifs is 1. The molecule has 0 saturated carbocycles. The fourth-order valence-corrected chi connectivity index (χ4v) is 3.38. The summed E-state index contributed by atoms with van der Waals surface area (Å²) < 4.78 is 28.8. The van der Waals surface area contributed by atoms with E-state index in [1.165, 1.54) is 0 Å². The van der Waals surface area contributed by atoms with Crippen LogP contribution in [0.3, 0.4) is 0 Å². The van der Waals surface area contributed by atoms with Gasteiger partial charge in [-0.1, -0.05) is 6.07 Å². The third-order valence-corrected chi connectivity index (χ3v) is 4.83. The molecule has 1 saturated heterocycles. The molecule has 28 heavy (non-hydrogen) atoms. The van der Waals surface area contributed by atoms with Crippen molar-refractivity contribution in [3.8, 4) is 0 Å². The van der Waals surface area contributed by atoms with E-state index in [1.54, 1.807) is 0 Å². The summed E-state index contributed by atoms with van der Waals surface area (Å²) in [4.78, 5) is 21.1. The van der Waals surface area contributed by atoms with Crippen molar-refractivity contribution in [1.82, 2.24) is 19.2 Å². The number of piperazine rings is 1. The Balaban J connectivity index is 1.26. The number of halogens is 2. The van der Waals surface area contributed by atoms with Gasteiger partial charge in [0.1, 0.15) is 17.3 Å². The van der Waals surface area contributed by atoms with Crippen molar-refractivity contribution in [3.05, 3.63) is 66.1 Å². The highest BCUT2D eigenvalue weighted by Gasteiger charge is 2.20. The number of anilines is 1. The second-order valence-corrected chi connectivity index (χ2v) is 6.92. The standard InChI is InChI=1S/C20H21F2N5O/c21-15-4-5-17(22)18(11-15)24-20(28)14-26-9-7-25(8-10-26)12-16-13-27-6-2-1-3-19(27)23-16/h1-6,11,13H,7-10,12,14H2,(H,24,28). The third-order valence-electron chi connectivity index (χ3n) is 4.83. The molecule has 1 aliphatic heterocycles. The van der Waals surface area contributed by atoms with Crippen LogP contribution < -0.4 is 5.32 Å². The van der Waals surface area contributed by atoms with E-state index in [2.05, 4.69) is 15.2 Å². The maximum Gasteiger partial charge on any atom is 0.238 e. The maximum absolute atomic E-state index is 13.6. The molecule has 0 bridgehead atoms. The van der Waals surface area contributed by atoms with Crippen molar-refractivity contribution in [3.63, 3.8) is 0 Å². The number of rotatable bonds is 5. The monoisotopic (exact) mass is 385 g/mol. The lowest BCUT2D eigenvalue weighted by molar-refractivity contribution is -0.117. The predicted octanol–water partition coefficient (Wildman–Crippen LogP) is 2.37. The van der Waals surface area contributed by atoms with Gasteiger partial charge >= 0.3 is 0 Å². The van der Waals surface area contributed by atoms with Crippen molar-refractivity contribution in [2.75, 3.05) is 38.0 Å². The van der Waals surface area contributed by atoms with Crippen LogP contribution in [0, 0.1) is 11.6 Å². The summed E-state index contributed by atoms with van der Waals surface area (Å²) in [7, 11) is 0. The number of nitrogens with zero attached hydrogens (tertiary/aromatic N) is 4. The number of carbonyl (C=O) groups is 1. The Kier molecular flexibility index (Phi) is 5.31. The van der Waals surface area contributed by atoms with E-state index in [1.807, 2.05) is 39.9 Å². The summed E-state index contributed by atoms with van der Waals surface area (Å²) in [5.74, 6) is -1.58. The fraction of sp³-hybridized carbons (Fsp3) is 0.300. The molecular formula is C20H21F2N5O. The largest absolute Gasteiger partial charge is 0.322 e. The molecule has 1 N–H and O–H groups in total. The number of hydrogen-bond acceptors (Lipinski definition) is 4. The van der Waals surface area contributed by atoms with Crippen molar-refractivity contribution < 1.29 is 13.6 Å². The topological polar surface area (TPSA) is 52.9 Å². The molecule has 1 aromatic carbocycles. The molecule has 1 fully saturated rings. The highest BCUT2D eigenvalue weighted by molar-refractivity contribution is 5.92. The first-order valence-electron chi connectivity index (χ1n) is 9.19. The van der Waals surface area contributed by atoms with Crippen molar-refractivity contribution in [1.29, 1.82) is 0 Å². The molecule has 146 valence electrons. The van der Waals surface area contributed by atoms with E-state index in [-0.39, 0.29) is 18.1 Å². The molecule has 0 aliphatic carbocycles. The number of nitrogens with one attached hydrogen (secondary N) is 1. The van der Waals surface area contributed by atoms with E-state index in [0.29, 0.717) is 0 Å². The molecule has 2 aromatic heterocycles. The minimum Gasteiger partial charge on any atom is -0.322 e. The molecule has 3 aromatic rings. The third kappa shape index (κ3) is 4.35. The normalized spacial score (nSPS) is 15.8. The van der Waals surface area contributed by atoms with Gasteiger partial charge in [0, 0.05) is 51.2 Å². The van der Waals surface area contributed by atoms with E-state index < -0.39 is 11.6 Å². The van der Waals surface area contributed by atoms with Gasteiger partial charge in [0.15, 0.2) is 0 Å². The first-order chi connectivity index (χ1) is 13.6. The minimum atomic E-state index is -0.646. The first kappa shape index (κ1) is 18.5. The van der Waals surface area contributed by atoms with Crippen LogP contribution in [-0.2, 0) is 11.3 Å². The number of carbonyl (C=O) groups excluding carboxylic acids is 1. The van der Waals surface area contributed by atoms with Crippen molar-refractivity contribution in [2.45, 2.75) is 6.54 Å². The first-order valence-corrected chi connectivity index (χ1v) is 9.19. The van der Waals surface area contributed by atoms with E-state index in [4.69, 9.17) is 0 Å². The maximum atomic E-state index is 13.6. The van der Waals surface area contributed by atoms with Gasteiger partial charge in [-0.05, 0) is 24.3 Å². The second kappa shape index (κ2) is 8.04. The zero-order valence-electron chi connectivity index (χ0n) is 15.3. The molecule has 0 spiro atoms. The average molecular weight is 385 g/mol. The second-order valence-electron chi connectivity index (χ2n) is 6.92. The molecule has 1 amide bonds. The Morgan fingerprint density at radius 2 is 1.86 bits per heavy atom. The molecule has 0 atom stereocenters. The fourth-order valence-electron chi connectivity index (χ4n) is 3.38. The lowest BCUT2D eigenvalue weighted by Crippen LogP contribution is -2.48. The number of hydrogen-bond donors (Lipinski definition) is 1. The molecule has 4 rings (SSSR count). The van der Waals surface area contributed by atoms with Crippen LogP contribution in [0.2, 0.25) is 0 Å². The summed E-state index contributed by atoms with van der Waals surface area (Å²) in [6.45, 7) is 4.00. The number of benzene rings is 1. The summed E-state index contributed by atoms with van der Waals surface area (Å²) in [6, 6.07) is 8.92. The van der Waals surface area contributed by atoms with Gasteiger partial charge in [-0.2, -0.15) is 0 Å². The van der Waals surface area contributed by atoms with E-state index >= 15 is 0 Å². The van der Waals surface area contributed by atoms with Crippen LogP contribution >= 0.6 is 0 Å². The highest BCUT2D eigenvalue weighted by Crippen LogP contribution is 2.15. The van der Waals surface area contributed by atoms with Crippen LogP contribution in [0.15, 0.2) is 48.8 Å². The zero-order chi connectivity index (χ0) is 19.5. The van der Waals surface area contributed by atoms with Crippen molar-refractivity contribution >= 4 is 17.2 Å². The molecular weight excluding hydrogens is 364 g/mol. The van der Waals surface area contributed by atoms with Gasteiger partial charge in [0.05, 0.1) is 17.9 Å². The van der Waals surface area contributed by atoms with Gasteiger partial charge < -0.3 is 9.72 Å². The molecule has 6 nitrogen and oxygen atoms in total. The minimum absolute atomic E-state index is 0.129. The zero-order valence-corrected chi connectivity index (χ0v) is 15.3. The quantitative estimate of drug-likeness (QED) is 0.733. The Morgan fingerprint density at radius 3 is 2.64 bits per heavy atom.